The van der Waals surface area contributed by atoms with E-state index in [9.17, 15) is 26.2 Å². The van der Waals surface area contributed by atoms with Gasteiger partial charge in [-0.25, -0.2) is 8.42 Å². The van der Waals surface area contributed by atoms with Crippen LogP contribution >= 0.6 is 11.6 Å². The normalized spacial score (nSPS) is 16.1. The molecule has 11 nitrogen and oxygen atoms in total. The maximum atomic E-state index is 13.2. The molecule has 0 bridgehead atoms. The van der Waals surface area contributed by atoms with Crippen LogP contribution in [-0.4, -0.2) is 39.0 Å². The van der Waals surface area contributed by atoms with Gasteiger partial charge < -0.3 is 0 Å². The zero-order valence-corrected chi connectivity index (χ0v) is 23.4. The van der Waals surface area contributed by atoms with Gasteiger partial charge in [-0.05, 0) is 67.8 Å². The molecule has 4 rings (SSSR count). The number of carbonyl (C=O) groups is 1. The number of benzene rings is 3. The fourth-order valence-electron chi connectivity index (χ4n) is 3.87. The second-order valence-electron chi connectivity index (χ2n) is 8.66. The lowest BCUT2D eigenvalue weighted by Gasteiger charge is -2.15. The highest BCUT2D eigenvalue weighted by molar-refractivity contribution is 7.92. The Morgan fingerprint density at radius 1 is 1.05 bits per heavy atom. The Bertz CT molecular complexity index is 1740. The Morgan fingerprint density at radius 3 is 2.46 bits per heavy atom. The van der Waals surface area contributed by atoms with Crippen molar-refractivity contribution in [1.82, 2.24) is 0 Å². The van der Waals surface area contributed by atoms with Crippen molar-refractivity contribution in [1.29, 1.82) is 0 Å². The second-order valence-corrected chi connectivity index (χ2v) is 12.1. The fourth-order valence-corrected chi connectivity index (χ4v) is 5.93. The van der Waals surface area contributed by atoms with Crippen molar-refractivity contribution in [2.45, 2.75) is 43.0 Å². The Balaban J connectivity index is 1.60. The molecule has 0 saturated heterocycles. The molecule has 0 radical (unpaired) electrons. The summed E-state index contributed by atoms with van der Waals surface area (Å²) in [7, 11) is -8.51. The zero-order valence-electron chi connectivity index (χ0n) is 21.0. The lowest BCUT2D eigenvalue weighted by molar-refractivity contribution is -0.117. The van der Waals surface area contributed by atoms with Gasteiger partial charge in [-0.1, -0.05) is 42.8 Å². The SMILES string of the molecule is CCc1ccccc1NS(=O)(=O)c1cc(N=NC2C(=O)N(c3cc(S(=O)(=O)O)ccc3Cl)N=C2C)ccc1C. The summed E-state index contributed by atoms with van der Waals surface area (Å²) in [5, 5.41) is 13.2. The standard InChI is InChI=1S/C25H24ClN5O6S2/c1-4-17-7-5-6-8-21(17)30-38(33,34)23-13-18(10-9-15(23)2)27-28-24-16(3)29-31(25(24)32)22-14-19(39(35,36)37)11-12-20(22)26/h5-14,24,30H,4H2,1-3H3,(H,35,36,37). The van der Waals surface area contributed by atoms with Gasteiger partial charge in [-0.15, -0.1) is 0 Å². The molecule has 0 aliphatic carbocycles. The van der Waals surface area contributed by atoms with Gasteiger partial charge in [0.05, 0.1) is 37.6 Å². The number of aryl methyl sites for hydroxylation is 2. The minimum absolute atomic E-state index is 0.00318. The molecule has 3 aromatic carbocycles. The number of para-hydroxylation sites is 1. The first-order chi connectivity index (χ1) is 18.3. The van der Waals surface area contributed by atoms with Crippen LogP contribution < -0.4 is 9.73 Å². The van der Waals surface area contributed by atoms with Crippen LogP contribution in [0.3, 0.4) is 0 Å². The van der Waals surface area contributed by atoms with Crippen LogP contribution in [0, 0.1) is 6.92 Å². The van der Waals surface area contributed by atoms with E-state index in [1.165, 1.54) is 19.1 Å². The number of anilines is 2. The minimum atomic E-state index is -4.55. The number of rotatable bonds is 8. The number of nitrogens with zero attached hydrogens (tertiary/aromatic N) is 4. The van der Waals surface area contributed by atoms with E-state index in [0.717, 1.165) is 22.7 Å². The molecule has 2 N–H and O–H groups in total. The van der Waals surface area contributed by atoms with E-state index in [0.29, 0.717) is 17.7 Å². The molecule has 14 heteroatoms. The van der Waals surface area contributed by atoms with Gasteiger partial charge in [0.25, 0.3) is 26.0 Å². The van der Waals surface area contributed by atoms with Crippen LogP contribution in [0.15, 0.2) is 85.8 Å². The Labute approximate surface area is 231 Å². The molecule has 0 aromatic heterocycles. The van der Waals surface area contributed by atoms with Crippen molar-refractivity contribution in [3.63, 3.8) is 0 Å². The topological polar surface area (TPSA) is 158 Å². The minimum Gasteiger partial charge on any atom is -0.282 e. The lowest BCUT2D eigenvalue weighted by atomic mass is 10.1. The summed E-state index contributed by atoms with van der Waals surface area (Å²) >= 11 is 6.16. The van der Waals surface area contributed by atoms with Crippen LogP contribution in [-0.2, 0) is 31.4 Å². The number of amides is 1. The van der Waals surface area contributed by atoms with Gasteiger partial charge in [-0.2, -0.15) is 28.8 Å². The number of nitrogens with one attached hydrogen (secondary N) is 1. The van der Waals surface area contributed by atoms with Crippen molar-refractivity contribution in [2.24, 2.45) is 15.3 Å². The monoisotopic (exact) mass is 589 g/mol. The van der Waals surface area contributed by atoms with Crippen molar-refractivity contribution >= 4 is 60.4 Å². The number of sulfonamides is 1. The lowest BCUT2D eigenvalue weighted by Crippen LogP contribution is -2.30. The van der Waals surface area contributed by atoms with Gasteiger partial charge in [0.1, 0.15) is 0 Å². The predicted octanol–water partition coefficient (Wildman–Crippen LogP) is 5.13. The summed E-state index contributed by atoms with van der Waals surface area (Å²) in [6.07, 6.45) is 0.643. The molecule has 0 fully saturated rings. The summed E-state index contributed by atoms with van der Waals surface area (Å²) in [6, 6.07) is 13.8. The molecule has 1 amide bonds. The van der Waals surface area contributed by atoms with Crippen LogP contribution in [0.2, 0.25) is 5.02 Å². The van der Waals surface area contributed by atoms with Gasteiger partial charge >= 0.3 is 0 Å². The largest absolute Gasteiger partial charge is 0.294 e. The zero-order chi connectivity index (χ0) is 28.5. The smallest absolute Gasteiger partial charge is 0.282 e. The third kappa shape index (κ3) is 6.01. The van der Waals surface area contributed by atoms with Gasteiger partial charge in [0.15, 0.2) is 6.04 Å². The number of halogens is 1. The van der Waals surface area contributed by atoms with E-state index in [-0.39, 0.29) is 27.0 Å². The van der Waals surface area contributed by atoms with E-state index >= 15 is 0 Å². The summed E-state index contributed by atoms with van der Waals surface area (Å²) in [5.41, 5.74) is 2.19. The van der Waals surface area contributed by atoms with Crippen LogP contribution in [0.25, 0.3) is 0 Å². The highest BCUT2D eigenvalue weighted by atomic mass is 35.5. The molecule has 1 unspecified atom stereocenters. The van der Waals surface area contributed by atoms with E-state index < -0.39 is 37.0 Å². The maximum Gasteiger partial charge on any atom is 0.294 e. The molecule has 204 valence electrons. The number of hydrogen-bond acceptors (Lipinski definition) is 8. The first-order valence-electron chi connectivity index (χ1n) is 11.6. The van der Waals surface area contributed by atoms with E-state index in [1.807, 2.05) is 19.1 Å². The second kappa shape index (κ2) is 10.8. The quantitative estimate of drug-likeness (QED) is 0.274. The Kier molecular flexibility index (Phi) is 7.89. The summed E-state index contributed by atoms with van der Waals surface area (Å²) < 4.78 is 61.4. The van der Waals surface area contributed by atoms with E-state index in [1.54, 1.807) is 31.2 Å². The van der Waals surface area contributed by atoms with Crippen LogP contribution in [0.1, 0.15) is 25.0 Å². The molecule has 39 heavy (non-hydrogen) atoms. The molecular formula is C25H24ClN5O6S2. The number of hydrogen-bond donors (Lipinski definition) is 2. The number of carbonyl (C=O) groups excluding carboxylic acids is 1. The Hall–Kier alpha value is -3.65. The first kappa shape index (κ1) is 28.4. The van der Waals surface area contributed by atoms with Crippen molar-refractivity contribution in [3.8, 4) is 0 Å². The van der Waals surface area contributed by atoms with Crippen molar-refractivity contribution in [2.75, 3.05) is 9.73 Å². The van der Waals surface area contributed by atoms with Crippen LogP contribution in [0.4, 0.5) is 17.1 Å². The Morgan fingerprint density at radius 2 is 1.77 bits per heavy atom. The van der Waals surface area contributed by atoms with E-state index in [2.05, 4.69) is 20.1 Å². The number of azo groups is 1. The summed E-state index contributed by atoms with van der Waals surface area (Å²) in [4.78, 5) is 12.6. The van der Waals surface area contributed by atoms with Gasteiger partial charge in [0.2, 0.25) is 0 Å². The van der Waals surface area contributed by atoms with E-state index in [4.69, 9.17) is 11.6 Å². The molecular weight excluding hydrogens is 566 g/mol. The third-order valence-electron chi connectivity index (χ3n) is 5.93. The van der Waals surface area contributed by atoms with Crippen molar-refractivity contribution < 1.29 is 26.2 Å². The maximum absolute atomic E-state index is 13.2. The molecule has 3 aromatic rings. The molecule has 0 saturated carbocycles. The fraction of sp³-hybridized carbons (Fsp3) is 0.200. The summed E-state index contributed by atoms with van der Waals surface area (Å²) in [5.74, 6) is -0.663. The van der Waals surface area contributed by atoms with Crippen LogP contribution in [0.5, 0.6) is 0 Å². The summed E-state index contributed by atoms with van der Waals surface area (Å²) in [6.45, 7) is 5.11. The first-order valence-corrected chi connectivity index (χ1v) is 14.9. The average Bonchev–Trinajstić information content (AvgIpc) is 3.15. The molecule has 1 aliphatic rings. The number of hydrazone groups is 1. The highest BCUT2D eigenvalue weighted by Crippen LogP contribution is 2.33. The average molecular weight is 590 g/mol. The predicted molar refractivity (Wildman–Crippen MR) is 148 cm³/mol. The third-order valence-corrected chi connectivity index (χ3v) is 8.61. The molecule has 1 atom stereocenters. The van der Waals surface area contributed by atoms with Gasteiger partial charge in [-0.3, -0.25) is 14.1 Å². The molecule has 1 heterocycles. The molecule has 0 spiro atoms. The highest BCUT2D eigenvalue weighted by Gasteiger charge is 2.36. The molecule has 1 aliphatic heterocycles. The van der Waals surface area contributed by atoms with Crippen molar-refractivity contribution in [3.05, 3.63) is 76.8 Å². The van der Waals surface area contributed by atoms with Gasteiger partial charge in [0, 0.05) is 0 Å².